The zero-order valence-electron chi connectivity index (χ0n) is 15.1. The number of nitrogens with one attached hydrogen (secondary N) is 2. The molecule has 0 spiro atoms. The maximum absolute atomic E-state index is 13.2. The van der Waals surface area contributed by atoms with Crippen LogP contribution in [-0.2, 0) is 24.0 Å². The molecule has 0 radical (unpaired) electrons. The molecule has 2 N–H and O–H groups in total. The lowest BCUT2D eigenvalue weighted by Crippen LogP contribution is -2.28. The van der Waals surface area contributed by atoms with Crippen LogP contribution in [-0.4, -0.2) is 34.3 Å². The van der Waals surface area contributed by atoms with E-state index in [1.807, 2.05) is 0 Å². The minimum atomic E-state index is -4.60. The number of aromatic amines is 1. The second-order valence-electron chi connectivity index (χ2n) is 6.52. The number of fused-ring (bicyclic) bond motifs is 3. The highest BCUT2D eigenvalue weighted by atomic mass is 32.2. The van der Waals surface area contributed by atoms with Crippen LogP contribution in [0.4, 0.5) is 13.2 Å². The van der Waals surface area contributed by atoms with Gasteiger partial charge in [-0.05, 0) is 28.8 Å². The standard InChI is InChI=1S/C18H14F3N5O3S/c19-18(20,21)9-26-15-5-10(12-3-4-22-6-11(12)7-24-30(28)29)1-2-13(15)16-14(17(26)27)8-23-25-16/h1-6,8,30H,7,9H2,(H,23,25)(H,24,28,29). The SMILES string of the molecule is O=c1c2cn[nH]c2c2ccc(-c3ccncc3CN[SH](=O)=O)cc2n1CC(F)(F)F. The van der Waals surface area contributed by atoms with Gasteiger partial charge in [0.15, 0.2) is 0 Å². The van der Waals surface area contributed by atoms with Crippen LogP contribution in [0.5, 0.6) is 0 Å². The van der Waals surface area contributed by atoms with E-state index in [0.717, 1.165) is 0 Å². The number of rotatable bonds is 5. The van der Waals surface area contributed by atoms with Gasteiger partial charge in [-0.15, -0.1) is 0 Å². The lowest BCUT2D eigenvalue weighted by atomic mass is 9.99. The van der Waals surface area contributed by atoms with E-state index in [1.54, 1.807) is 18.2 Å². The summed E-state index contributed by atoms with van der Waals surface area (Å²) in [6, 6.07) is 6.38. The molecule has 0 unspecified atom stereocenters. The summed E-state index contributed by atoms with van der Waals surface area (Å²) in [6.45, 7) is -1.48. The first kappa shape index (κ1) is 20.0. The minimum Gasteiger partial charge on any atom is -0.298 e. The van der Waals surface area contributed by atoms with Gasteiger partial charge in [-0.1, -0.05) is 12.1 Å². The van der Waals surface area contributed by atoms with Gasteiger partial charge in [0.05, 0.1) is 22.6 Å². The second kappa shape index (κ2) is 7.54. The van der Waals surface area contributed by atoms with Crippen LogP contribution in [0.1, 0.15) is 5.56 Å². The first-order chi connectivity index (χ1) is 14.2. The van der Waals surface area contributed by atoms with E-state index < -0.39 is 29.2 Å². The van der Waals surface area contributed by atoms with E-state index in [0.29, 0.717) is 32.2 Å². The molecule has 0 aliphatic heterocycles. The van der Waals surface area contributed by atoms with Crippen LogP contribution in [0.3, 0.4) is 0 Å². The highest BCUT2D eigenvalue weighted by molar-refractivity contribution is 7.70. The summed E-state index contributed by atoms with van der Waals surface area (Å²) in [5.41, 5.74) is 1.24. The van der Waals surface area contributed by atoms with Gasteiger partial charge >= 0.3 is 6.18 Å². The van der Waals surface area contributed by atoms with Gasteiger partial charge in [-0.25, -0.2) is 13.1 Å². The second-order valence-corrected chi connectivity index (χ2v) is 7.35. The van der Waals surface area contributed by atoms with Crippen molar-refractivity contribution in [2.45, 2.75) is 19.3 Å². The molecule has 0 saturated carbocycles. The summed E-state index contributed by atoms with van der Waals surface area (Å²) in [5, 5.41) is 6.93. The summed E-state index contributed by atoms with van der Waals surface area (Å²) in [7, 11) is -2.83. The number of hydrogen-bond acceptors (Lipinski definition) is 5. The molecule has 1 aromatic carbocycles. The van der Waals surface area contributed by atoms with E-state index in [1.165, 1.54) is 24.7 Å². The van der Waals surface area contributed by atoms with Crippen LogP contribution in [0, 0.1) is 0 Å². The molecule has 8 nitrogen and oxygen atoms in total. The van der Waals surface area contributed by atoms with Crippen molar-refractivity contribution >= 4 is 32.7 Å². The van der Waals surface area contributed by atoms with Crippen molar-refractivity contribution in [1.82, 2.24) is 24.5 Å². The lowest BCUT2D eigenvalue weighted by molar-refractivity contribution is -0.140. The van der Waals surface area contributed by atoms with Crippen LogP contribution < -0.4 is 10.3 Å². The molecule has 0 aliphatic carbocycles. The smallest absolute Gasteiger partial charge is 0.298 e. The normalized spacial score (nSPS) is 12.3. The van der Waals surface area contributed by atoms with Crippen molar-refractivity contribution in [3.8, 4) is 11.1 Å². The van der Waals surface area contributed by atoms with Crippen molar-refractivity contribution in [3.05, 3.63) is 58.8 Å². The van der Waals surface area contributed by atoms with Gasteiger partial charge in [0.1, 0.15) is 6.54 Å². The zero-order valence-corrected chi connectivity index (χ0v) is 16.0. The number of pyridine rings is 2. The summed E-state index contributed by atoms with van der Waals surface area (Å²) in [4.78, 5) is 16.7. The fraction of sp³-hybridized carbons (Fsp3) is 0.167. The largest absolute Gasteiger partial charge is 0.406 e. The van der Waals surface area contributed by atoms with Gasteiger partial charge in [0, 0.05) is 24.3 Å². The molecule has 0 bridgehead atoms. The molecule has 3 heterocycles. The highest BCUT2D eigenvalue weighted by Gasteiger charge is 2.30. The molecular weight excluding hydrogens is 423 g/mol. The van der Waals surface area contributed by atoms with E-state index in [4.69, 9.17) is 0 Å². The van der Waals surface area contributed by atoms with E-state index in [9.17, 15) is 26.4 Å². The highest BCUT2D eigenvalue weighted by Crippen LogP contribution is 2.30. The molecule has 3 aromatic heterocycles. The molecule has 0 amide bonds. The molecule has 0 atom stereocenters. The molecule has 0 aliphatic rings. The Balaban J connectivity index is 1.96. The Morgan fingerprint density at radius 2 is 1.93 bits per heavy atom. The van der Waals surface area contributed by atoms with Crippen molar-refractivity contribution < 1.29 is 21.6 Å². The quantitative estimate of drug-likeness (QED) is 0.415. The van der Waals surface area contributed by atoms with Crippen LogP contribution in [0.2, 0.25) is 0 Å². The number of thiol groups is 1. The molecule has 30 heavy (non-hydrogen) atoms. The van der Waals surface area contributed by atoms with Gasteiger partial charge in [0.2, 0.25) is 10.9 Å². The number of nitrogens with zero attached hydrogens (tertiary/aromatic N) is 3. The van der Waals surface area contributed by atoms with Gasteiger partial charge in [-0.2, -0.15) is 18.3 Å². The molecular formula is C18H14F3N5O3S. The zero-order chi connectivity index (χ0) is 21.5. The van der Waals surface area contributed by atoms with E-state index in [-0.39, 0.29) is 17.4 Å². The fourth-order valence-corrected chi connectivity index (χ4v) is 3.68. The minimum absolute atomic E-state index is 0.0329. The van der Waals surface area contributed by atoms with Gasteiger partial charge < -0.3 is 0 Å². The monoisotopic (exact) mass is 437 g/mol. The number of H-pyrrole nitrogens is 1. The van der Waals surface area contributed by atoms with Crippen LogP contribution in [0.25, 0.3) is 32.9 Å². The first-order valence-electron chi connectivity index (χ1n) is 8.62. The number of alkyl halides is 3. The molecule has 4 rings (SSSR count). The van der Waals surface area contributed by atoms with E-state index >= 15 is 0 Å². The van der Waals surface area contributed by atoms with Crippen molar-refractivity contribution in [2.24, 2.45) is 0 Å². The molecule has 4 aromatic rings. The number of benzene rings is 1. The van der Waals surface area contributed by atoms with Crippen LogP contribution in [0.15, 0.2) is 47.7 Å². The van der Waals surface area contributed by atoms with Gasteiger partial charge in [-0.3, -0.25) is 19.4 Å². The van der Waals surface area contributed by atoms with Gasteiger partial charge in [0.25, 0.3) is 5.56 Å². The van der Waals surface area contributed by atoms with Crippen molar-refractivity contribution in [2.75, 3.05) is 0 Å². The Bertz CT molecular complexity index is 1380. The Hall–Kier alpha value is -3.25. The maximum Gasteiger partial charge on any atom is 0.406 e. The third kappa shape index (κ3) is 3.78. The third-order valence-electron chi connectivity index (χ3n) is 4.62. The topological polar surface area (TPSA) is 110 Å². The van der Waals surface area contributed by atoms with Crippen LogP contribution >= 0.6 is 0 Å². The Labute approximate surface area is 168 Å². The predicted molar refractivity (Wildman–Crippen MR) is 104 cm³/mol. The number of halogens is 3. The summed E-state index contributed by atoms with van der Waals surface area (Å²) >= 11 is 0. The van der Waals surface area contributed by atoms with E-state index in [2.05, 4.69) is 19.9 Å². The summed E-state index contributed by atoms with van der Waals surface area (Å²) in [6.07, 6.45) is -0.447. The Morgan fingerprint density at radius 3 is 2.67 bits per heavy atom. The predicted octanol–water partition coefficient (Wildman–Crippen LogP) is 2.12. The third-order valence-corrected chi connectivity index (χ3v) is 5.04. The Kier molecular flexibility index (Phi) is 5.03. The number of aromatic nitrogens is 4. The average molecular weight is 437 g/mol. The summed E-state index contributed by atoms with van der Waals surface area (Å²) < 4.78 is 64.2. The first-order valence-corrected chi connectivity index (χ1v) is 9.80. The average Bonchev–Trinajstić information content (AvgIpc) is 3.19. The molecule has 0 saturated heterocycles. The number of hydrogen-bond donors (Lipinski definition) is 3. The summed E-state index contributed by atoms with van der Waals surface area (Å²) in [5.74, 6) is 0. The lowest BCUT2D eigenvalue weighted by Gasteiger charge is -2.15. The fourth-order valence-electron chi connectivity index (χ4n) is 3.38. The van der Waals surface area contributed by atoms with Crippen molar-refractivity contribution in [1.29, 1.82) is 0 Å². The maximum atomic E-state index is 13.2. The molecule has 12 heteroatoms. The Morgan fingerprint density at radius 1 is 1.13 bits per heavy atom. The molecule has 0 fully saturated rings. The van der Waals surface area contributed by atoms with Crippen molar-refractivity contribution in [3.63, 3.8) is 0 Å². The molecule has 156 valence electrons.